The summed E-state index contributed by atoms with van der Waals surface area (Å²) in [5.74, 6) is -1.22. The first-order chi connectivity index (χ1) is 13.3. The SMILES string of the molecule is N=C(N)NCCNC(=O)NCc1ccc(CC(=O)ON2C(=O)CCC2O)cc1. The zero-order valence-electron chi connectivity index (χ0n) is 15.2. The van der Waals surface area contributed by atoms with Crippen LogP contribution in [-0.4, -0.2) is 53.4 Å². The highest BCUT2D eigenvalue weighted by Gasteiger charge is 2.32. The standard InChI is InChI=1S/C17H24N6O5/c18-16(19)20-7-8-21-17(27)22-10-12-3-1-11(2-4-12)9-15(26)28-23-13(24)5-6-14(23)25/h1-4,13,24H,5-10H2,(H4,18,19,20)(H2,21,22,27). The van der Waals surface area contributed by atoms with Crippen molar-refractivity contribution < 1.29 is 24.3 Å². The Labute approximate surface area is 161 Å². The van der Waals surface area contributed by atoms with E-state index in [0.29, 0.717) is 30.3 Å². The number of nitrogens with one attached hydrogen (secondary N) is 4. The van der Waals surface area contributed by atoms with E-state index in [4.69, 9.17) is 16.0 Å². The van der Waals surface area contributed by atoms with Gasteiger partial charge in [-0.05, 0) is 11.1 Å². The third-order valence-electron chi connectivity index (χ3n) is 3.88. The zero-order chi connectivity index (χ0) is 20.5. The van der Waals surface area contributed by atoms with E-state index in [0.717, 1.165) is 5.56 Å². The van der Waals surface area contributed by atoms with E-state index in [1.54, 1.807) is 24.3 Å². The molecule has 2 rings (SSSR count). The maximum atomic E-state index is 11.9. The Morgan fingerprint density at radius 1 is 1.18 bits per heavy atom. The van der Waals surface area contributed by atoms with E-state index in [1.807, 2.05) is 0 Å². The number of hydrogen-bond acceptors (Lipinski definition) is 6. The fraction of sp³-hybridized carbons (Fsp3) is 0.412. The normalized spacial score (nSPS) is 15.8. The van der Waals surface area contributed by atoms with Gasteiger partial charge < -0.3 is 31.6 Å². The molecule has 28 heavy (non-hydrogen) atoms. The van der Waals surface area contributed by atoms with Gasteiger partial charge in [0.05, 0.1) is 6.42 Å². The summed E-state index contributed by atoms with van der Waals surface area (Å²) >= 11 is 0. The molecule has 0 spiro atoms. The van der Waals surface area contributed by atoms with Crippen LogP contribution in [0.15, 0.2) is 24.3 Å². The Morgan fingerprint density at radius 2 is 1.82 bits per heavy atom. The van der Waals surface area contributed by atoms with Crippen LogP contribution in [0.1, 0.15) is 24.0 Å². The van der Waals surface area contributed by atoms with Gasteiger partial charge in [0.2, 0.25) is 0 Å². The minimum absolute atomic E-state index is 0.0478. The van der Waals surface area contributed by atoms with Gasteiger partial charge in [0.15, 0.2) is 12.2 Å². The first-order valence-corrected chi connectivity index (χ1v) is 8.73. The predicted octanol–water partition coefficient (Wildman–Crippen LogP) is -1.09. The van der Waals surface area contributed by atoms with Gasteiger partial charge in [0, 0.05) is 32.5 Å². The molecule has 1 aliphatic rings. The molecule has 1 aromatic rings. The number of guanidine groups is 1. The average Bonchev–Trinajstić information content (AvgIpc) is 2.96. The Balaban J connectivity index is 1.71. The second-order valence-electron chi connectivity index (χ2n) is 6.15. The number of carbonyl (C=O) groups is 3. The second-order valence-corrected chi connectivity index (χ2v) is 6.15. The van der Waals surface area contributed by atoms with E-state index in [-0.39, 0.29) is 31.3 Å². The lowest BCUT2D eigenvalue weighted by Crippen LogP contribution is -2.41. The molecule has 1 aliphatic heterocycles. The summed E-state index contributed by atoms with van der Waals surface area (Å²) in [6.45, 7) is 0.972. The molecule has 11 heteroatoms. The van der Waals surface area contributed by atoms with Crippen molar-refractivity contribution in [3.05, 3.63) is 35.4 Å². The molecule has 0 radical (unpaired) electrons. The molecule has 152 valence electrons. The van der Waals surface area contributed by atoms with Crippen LogP contribution in [0.5, 0.6) is 0 Å². The molecule has 1 aromatic carbocycles. The Hall–Kier alpha value is -3.34. The van der Waals surface area contributed by atoms with E-state index in [2.05, 4.69) is 16.0 Å². The van der Waals surface area contributed by atoms with Gasteiger partial charge in [-0.25, -0.2) is 9.59 Å². The van der Waals surface area contributed by atoms with E-state index < -0.39 is 18.1 Å². The molecule has 1 unspecified atom stereocenters. The third-order valence-corrected chi connectivity index (χ3v) is 3.88. The topological polar surface area (TPSA) is 170 Å². The van der Waals surface area contributed by atoms with Crippen molar-refractivity contribution in [3.63, 3.8) is 0 Å². The molecule has 0 bridgehead atoms. The number of amides is 3. The number of carbonyl (C=O) groups excluding carboxylic acids is 3. The largest absolute Gasteiger partial charge is 0.370 e. The maximum Gasteiger partial charge on any atom is 0.337 e. The van der Waals surface area contributed by atoms with Crippen LogP contribution < -0.4 is 21.7 Å². The van der Waals surface area contributed by atoms with Crippen molar-refractivity contribution in [3.8, 4) is 0 Å². The summed E-state index contributed by atoms with van der Waals surface area (Å²) in [6, 6.07) is 6.60. The fourth-order valence-corrected chi connectivity index (χ4v) is 2.46. The fourth-order valence-electron chi connectivity index (χ4n) is 2.46. The number of nitrogens with two attached hydrogens (primary N) is 1. The van der Waals surface area contributed by atoms with Crippen molar-refractivity contribution >= 4 is 23.9 Å². The quantitative estimate of drug-likeness (QED) is 0.185. The van der Waals surface area contributed by atoms with Crippen molar-refractivity contribution in [2.45, 2.75) is 32.0 Å². The lowest BCUT2D eigenvalue weighted by molar-refractivity contribution is -0.220. The number of hydrogen-bond donors (Lipinski definition) is 6. The lowest BCUT2D eigenvalue weighted by Gasteiger charge is -2.18. The van der Waals surface area contributed by atoms with Gasteiger partial charge in [-0.15, -0.1) is 5.06 Å². The molecule has 1 fully saturated rings. The van der Waals surface area contributed by atoms with Crippen LogP contribution in [-0.2, 0) is 27.4 Å². The molecule has 1 heterocycles. The van der Waals surface area contributed by atoms with Gasteiger partial charge in [-0.1, -0.05) is 24.3 Å². The number of hydroxylamine groups is 2. The zero-order valence-corrected chi connectivity index (χ0v) is 15.2. The van der Waals surface area contributed by atoms with Gasteiger partial charge >= 0.3 is 12.0 Å². The molecule has 3 amide bonds. The summed E-state index contributed by atoms with van der Waals surface area (Å²) in [6.07, 6.45) is -0.742. The molecule has 1 atom stereocenters. The summed E-state index contributed by atoms with van der Waals surface area (Å²) in [5.41, 5.74) is 6.63. The summed E-state index contributed by atoms with van der Waals surface area (Å²) < 4.78 is 0. The minimum Gasteiger partial charge on any atom is -0.370 e. The van der Waals surface area contributed by atoms with Crippen LogP contribution >= 0.6 is 0 Å². The summed E-state index contributed by atoms with van der Waals surface area (Å²) in [5, 5.41) is 25.1. The molecule has 0 saturated carbocycles. The van der Waals surface area contributed by atoms with Gasteiger partial charge in [0.25, 0.3) is 5.91 Å². The number of benzene rings is 1. The van der Waals surface area contributed by atoms with E-state index >= 15 is 0 Å². The van der Waals surface area contributed by atoms with E-state index in [1.165, 1.54) is 0 Å². The van der Waals surface area contributed by atoms with Crippen molar-refractivity contribution in [1.82, 2.24) is 21.0 Å². The van der Waals surface area contributed by atoms with Crippen LogP contribution in [0.4, 0.5) is 4.79 Å². The Morgan fingerprint density at radius 3 is 2.43 bits per heavy atom. The first-order valence-electron chi connectivity index (χ1n) is 8.73. The number of rotatable bonds is 8. The molecule has 0 aromatic heterocycles. The molecule has 0 aliphatic carbocycles. The number of nitrogens with zero attached hydrogens (tertiary/aromatic N) is 1. The van der Waals surface area contributed by atoms with Crippen LogP contribution in [0.2, 0.25) is 0 Å². The average molecular weight is 392 g/mol. The minimum atomic E-state index is -1.09. The van der Waals surface area contributed by atoms with Crippen LogP contribution in [0.3, 0.4) is 0 Å². The second kappa shape index (κ2) is 10.1. The monoisotopic (exact) mass is 392 g/mol. The van der Waals surface area contributed by atoms with Gasteiger partial charge in [-0.3, -0.25) is 10.2 Å². The van der Waals surface area contributed by atoms with Gasteiger partial charge in [-0.2, -0.15) is 0 Å². The summed E-state index contributed by atoms with van der Waals surface area (Å²) in [7, 11) is 0. The third kappa shape index (κ3) is 6.76. The summed E-state index contributed by atoms with van der Waals surface area (Å²) in [4.78, 5) is 40.0. The molecule has 1 saturated heterocycles. The maximum absolute atomic E-state index is 11.9. The Bertz CT molecular complexity index is 723. The number of aliphatic hydroxyl groups is 1. The van der Waals surface area contributed by atoms with E-state index in [9.17, 15) is 19.5 Å². The highest BCUT2D eigenvalue weighted by Crippen LogP contribution is 2.17. The number of aliphatic hydroxyl groups excluding tert-OH is 1. The van der Waals surface area contributed by atoms with Crippen molar-refractivity contribution in [1.29, 1.82) is 5.41 Å². The highest BCUT2D eigenvalue weighted by atomic mass is 16.7. The van der Waals surface area contributed by atoms with Crippen molar-refractivity contribution in [2.24, 2.45) is 5.73 Å². The predicted molar refractivity (Wildman–Crippen MR) is 98.5 cm³/mol. The van der Waals surface area contributed by atoms with Gasteiger partial charge in [0.1, 0.15) is 0 Å². The molecule has 11 nitrogen and oxygen atoms in total. The highest BCUT2D eigenvalue weighted by molar-refractivity contribution is 5.80. The Kier molecular flexibility index (Phi) is 7.57. The van der Waals surface area contributed by atoms with Crippen LogP contribution in [0.25, 0.3) is 0 Å². The van der Waals surface area contributed by atoms with Crippen LogP contribution in [0, 0.1) is 5.41 Å². The number of urea groups is 1. The smallest absolute Gasteiger partial charge is 0.337 e. The molecular formula is C17H24N6O5. The molecule has 7 N–H and O–H groups in total. The van der Waals surface area contributed by atoms with Crippen molar-refractivity contribution in [2.75, 3.05) is 13.1 Å². The lowest BCUT2D eigenvalue weighted by atomic mass is 10.1. The molecular weight excluding hydrogens is 368 g/mol. The first kappa shape index (κ1) is 21.0.